The van der Waals surface area contributed by atoms with Crippen molar-refractivity contribution in [1.82, 2.24) is 10.3 Å². The van der Waals surface area contributed by atoms with Gasteiger partial charge in [-0.2, -0.15) is 0 Å². The summed E-state index contributed by atoms with van der Waals surface area (Å²) in [5.41, 5.74) is 6.90. The van der Waals surface area contributed by atoms with Crippen molar-refractivity contribution < 1.29 is 4.74 Å². The number of rotatable bonds is 6. The van der Waals surface area contributed by atoms with E-state index in [0.717, 1.165) is 12.1 Å². The Kier molecular flexibility index (Phi) is 6.24. The van der Waals surface area contributed by atoms with Crippen LogP contribution in [-0.2, 0) is 4.74 Å². The first kappa shape index (κ1) is 17.2. The summed E-state index contributed by atoms with van der Waals surface area (Å²) >= 11 is 6.07. The van der Waals surface area contributed by atoms with Crippen LogP contribution in [0.1, 0.15) is 46.2 Å². The van der Waals surface area contributed by atoms with Crippen molar-refractivity contribution in [3.8, 4) is 0 Å². The minimum absolute atomic E-state index is 0.0185. The Morgan fingerprint density at radius 3 is 2.55 bits per heavy atom. The second-order valence-corrected chi connectivity index (χ2v) is 6.34. The van der Waals surface area contributed by atoms with Gasteiger partial charge in [0, 0.05) is 18.4 Å². The highest BCUT2D eigenvalue weighted by Crippen LogP contribution is 2.35. The van der Waals surface area contributed by atoms with Crippen LogP contribution < -0.4 is 11.1 Å². The van der Waals surface area contributed by atoms with Gasteiger partial charge in [0.15, 0.2) is 0 Å². The summed E-state index contributed by atoms with van der Waals surface area (Å²) in [6.45, 7) is 12.0. The lowest BCUT2D eigenvalue weighted by molar-refractivity contribution is -0.0361. The molecule has 0 bridgehead atoms. The van der Waals surface area contributed by atoms with Crippen molar-refractivity contribution in [2.45, 2.75) is 46.8 Å². The fourth-order valence-corrected chi connectivity index (χ4v) is 2.51. The molecule has 5 heteroatoms. The molecule has 0 fully saturated rings. The second kappa shape index (κ2) is 7.25. The lowest BCUT2D eigenvalue weighted by Gasteiger charge is -2.37. The van der Waals surface area contributed by atoms with E-state index in [4.69, 9.17) is 22.1 Å². The van der Waals surface area contributed by atoms with E-state index in [1.54, 1.807) is 6.20 Å². The molecule has 1 heterocycles. The molecular weight excluding hydrogens is 274 g/mol. The van der Waals surface area contributed by atoms with E-state index in [2.05, 4.69) is 38.0 Å². The van der Waals surface area contributed by atoms with Gasteiger partial charge in [-0.05, 0) is 24.9 Å². The predicted molar refractivity (Wildman–Crippen MR) is 84.9 cm³/mol. The van der Waals surface area contributed by atoms with Gasteiger partial charge in [-0.25, -0.2) is 4.98 Å². The maximum atomic E-state index is 6.07. The van der Waals surface area contributed by atoms with Crippen molar-refractivity contribution >= 4 is 17.4 Å². The molecule has 0 saturated carbocycles. The van der Waals surface area contributed by atoms with Crippen LogP contribution in [0.15, 0.2) is 12.3 Å². The average molecular weight is 300 g/mol. The zero-order valence-corrected chi connectivity index (χ0v) is 13.8. The maximum absolute atomic E-state index is 6.07. The van der Waals surface area contributed by atoms with E-state index < -0.39 is 0 Å². The number of nitrogen functional groups attached to an aromatic ring is 1. The highest BCUT2D eigenvalue weighted by atomic mass is 35.5. The molecule has 0 spiro atoms. The molecule has 4 nitrogen and oxygen atoms in total. The Balaban J connectivity index is 3.23. The van der Waals surface area contributed by atoms with E-state index in [1.807, 2.05) is 13.0 Å². The van der Waals surface area contributed by atoms with Crippen LogP contribution in [0.5, 0.6) is 0 Å². The number of hydrogen-bond acceptors (Lipinski definition) is 4. The lowest BCUT2D eigenvalue weighted by Crippen LogP contribution is -2.42. The fourth-order valence-electron chi connectivity index (χ4n) is 2.34. The number of halogens is 1. The first-order valence-corrected chi connectivity index (χ1v) is 7.44. The van der Waals surface area contributed by atoms with E-state index in [-0.39, 0.29) is 17.6 Å². The number of ether oxygens (including phenoxy) is 1. The summed E-state index contributed by atoms with van der Waals surface area (Å²) in [6.07, 6.45) is 1.55. The summed E-state index contributed by atoms with van der Waals surface area (Å²) in [7, 11) is 0. The van der Waals surface area contributed by atoms with Crippen LogP contribution in [0.25, 0.3) is 0 Å². The molecule has 0 aromatic carbocycles. The topological polar surface area (TPSA) is 60.2 Å². The Morgan fingerprint density at radius 2 is 2.05 bits per heavy atom. The Morgan fingerprint density at radius 1 is 1.40 bits per heavy atom. The van der Waals surface area contributed by atoms with Gasteiger partial charge in [-0.3, -0.25) is 0 Å². The van der Waals surface area contributed by atoms with Crippen LogP contribution in [0, 0.1) is 5.41 Å². The Labute approximate surface area is 127 Å². The SMILES string of the molecule is CCNC(c1cc(Cl)cnc1N)C(OCC)C(C)(C)C. The van der Waals surface area contributed by atoms with Gasteiger partial charge in [-0.15, -0.1) is 0 Å². The number of anilines is 1. The minimum Gasteiger partial charge on any atom is -0.383 e. The molecular formula is C15H26ClN3O. The molecule has 3 N–H and O–H groups in total. The van der Waals surface area contributed by atoms with E-state index in [1.165, 1.54) is 0 Å². The number of nitrogens with two attached hydrogens (primary N) is 1. The largest absolute Gasteiger partial charge is 0.383 e. The molecule has 2 unspecified atom stereocenters. The number of aromatic nitrogens is 1. The number of nitrogens with zero attached hydrogens (tertiary/aromatic N) is 1. The lowest BCUT2D eigenvalue weighted by atomic mass is 9.82. The van der Waals surface area contributed by atoms with Crippen molar-refractivity contribution in [2.24, 2.45) is 5.41 Å². The van der Waals surface area contributed by atoms with Gasteiger partial charge in [0.2, 0.25) is 0 Å². The van der Waals surface area contributed by atoms with E-state index in [9.17, 15) is 0 Å². The smallest absolute Gasteiger partial charge is 0.128 e. The zero-order valence-electron chi connectivity index (χ0n) is 13.0. The molecule has 0 aliphatic carbocycles. The van der Waals surface area contributed by atoms with Crippen LogP contribution in [0.2, 0.25) is 5.02 Å². The molecule has 2 atom stereocenters. The molecule has 20 heavy (non-hydrogen) atoms. The van der Waals surface area contributed by atoms with Crippen molar-refractivity contribution in [3.63, 3.8) is 0 Å². The summed E-state index contributed by atoms with van der Waals surface area (Å²) < 4.78 is 5.98. The fraction of sp³-hybridized carbons (Fsp3) is 0.667. The van der Waals surface area contributed by atoms with Crippen LogP contribution >= 0.6 is 11.6 Å². The molecule has 0 radical (unpaired) electrons. The molecule has 1 aromatic heterocycles. The molecule has 0 saturated heterocycles. The first-order chi connectivity index (χ1) is 9.31. The molecule has 0 amide bonds. The second-order valence-electron chi connectivity index (χ2n) is 5.91. The third-order valence-corrected chi connectivity index (χ3v) is 3.38. The number of nitrogens with one attached hydrogen (secondary N) is 1. The molecule has 1 aromatic rings. The van der Waals surface area contributed by atoms with E-state index in [0.29, 0.717) is 17.4 Å². The standard InChI is InChI=1S/C15H26ClN3O/c1-6-18-12(13(20-7-2)15(3,4)5)11-8-10(16)9-19-14(11)17/h8-9,12-13,18H,6-7H2,1-5H3,(H2,17,19). The van der Waals surface area contributed by atoms with Gasteiger partial charge in [0.05, 0.1) is 17.2 Å². The van der Waals surface area contributed by atoms with Crippen LogP contribution in [0.3, 0.4) is 0 Å². The predicted octanol–water partition coefficient (Wildman–Crippen LogP) is 3.42. The third kappa shape index (κ3) is 4.33. The summed E-state index contributed by atoms with van der Waals surface area (Å²) in [5, 5.41) is 4.04. The number of likely N-dealkylation sites (N-methyl/N-ethyl adjacent to an activating group) is 1. The monoisotopic (exact) mass is 299 g/mol. The zero-order chi connectivity index (χ0) is 15.3. The molecule has 114 valence electrons. The third-order valence-electron chi connectivity index (χ3n) is 3.18. The van der Waals surface area contributed by atoms with Crippen molar-refractivity contribution in [2.75, 3.05) is 18.9 Å². The Bertz CT molecular complexity index is 432. The normalized spacial score (nSPS) is 15.1. The molecule has 0 aliphatic heterocycles. The molecule has 1 rings (SSSR count). The van der Waals surface area contributed by atoms with Crippen LogP contribution in [0.4, 0.5) is 5.82 Å². The average Bonchev–Trinajstić information content (AvgIpc) is 2.35. The minimum atomic E-state index is -0.0360. The molecule has 0 aliphatic rings. The summed E-state index contributed by atoms with van der Waals surface area (Å²) in [4.78, 5) is 4.16. The highest BCUT2D eigenvalue weighted by Gasteiger charge is 2.34. The van der Waals surface area contributed by atoms with Gasteiger partial charge >= 0.3 is 0 Å². The van der Waals surface area contributed by atoms with Gasteiger partial charge in [-0.1, -0.05) is 39.3 Å². The van der Waals surface area contributed by atoms with E-state index >= 15 is 0 Å². The van der Waals surface area contributed by atoms with Crippen molar-refractivity contribution in [3.05, 3.63) is 22.8 Å². The van der Waals surface area contributed by atoms with Gasteiger partial charge < -0.3 is 15.8 Å². The summed E-state index contributed by atoms with van der Waals surface area (Å²) in [5.74, 6) is 0.495. The van der Waals surface area contributed by atoms with Gasteiger partial charge in [0.1, 0.15) is 5.82 Å². The maximum Gasteiger partial charge on any atom is 0.128 e. The number of pyridine rings is 1. The first-order valence-electron chi connectivity index (χ1n) is 7.07. The highest BCUT2D eigenvalue weighted by molar-refractivity contribution is 6.30. The Hall–Kier alpha value is -0.840. The van der Waals surface area contributed by atoms with Crippen molar-refractivity contribution in [1.29, 1.82) is 0 Å². The van der Waals surface area contributed by atoms with Gasteiger partial charge in [0.25, 0.3) is 0 Å². The number of hydrogen-bond donors (Lipinski definition) is 2. The summed E-state index contributed by atoms with van der Waals surface area (Å²) in [6, 6.07) is 1.83. The van der Waals surface area contributed by atoms with Crippen LogP contribution in [-0.4, -0.2) is 24.2 Å². The quantitative estimate of drug-likeness (QED) is 0.845.